The molecule has 1 saturated heterocycles. The third-order valence-electron chi connectivity index (χ3n) is 3.79. The summed E-state index contributed by atoms with van der Waals surface area (Å²) in [5, 5.41) is 0. The molecular formula is C15H17N5O. The number of piperidine rings is 1. The van der Waals surface area contributed by atoms with Gasteiger partial charge in [0.2, 0.25) is 5.91 Å². The highest BCUT2D eigenvalue weighted by atomic mass is 16.2. The average molecular weight is 283 g/mol. The maximum Gasteiger partial charge on any atom is 0.219 e. The highest BCUT2D eigenvalue weighted by molar-refractivity contribution is 5.73. The van der Waals surface area contributed by atoms with Crippen LogP contribution >= 0.6 is 0 Å². The van der Waals surface area contributed by atoms with Gasteiger partial charge in [0.05, 0.1) is 17.6 Å². The first kappa shape index (κ1) is 13.6. The third kappa shape index (κ3) is 3.04. The zero-order valence-corrected chi connectivity index (χ0v) is 11.9. The number of nitrogens with zero attached hydrogens (tertiary/aromatic N) is 5. The summed E-state index contributed by atoms with van der Waals surface area (Å²) in [5.74, 6) is 0.375. The molecule has 0 saturated carbocycles. The van der Waals surface area contributed by atoms with E-state index in [0.29, 0.717) is 0 Å². The molecule has 0 bridgehead atoms. The van der Waals surface area contributed by atoms with Gasteiger partial charge in [-0.05, 0) is 12.8 Å². The van der Waals surface area contributed by atoms with Crippen LogP contribution in [-0.2, 0) is 4.79 Å². The first-order valence-corrected chi connectivity index (χ1v) is 7.07. The van der Waals surface area contributed by atoms with E-state index in [2.05, 4.69) is 19.9 Å². The van der Waals surface area contributed by atoms with Crippen LogP contribution in [0.2, 0.25) is 0 Å². The molecule has 6 nitrogen and oxygen atoms in total. The van der Waals surface area contributed by atoms with Gasteiger partial charge in [0.1, 0.15) is 6.33 Å². The largest absolute Gasteiger partial charge is 0.342 e. The maximum absolute atomic E-state index is 11.5. The zero-order valence-electron chi connectivity index (χ0n) is 11.9. The molecule has 1 aliphatic heterocycles. The van der Waals surface area contributed by atoms with Gasteiger partial charge >= 0.3 is 0 Å². The van der Waals surface area contributed by atoms with Gasteiger partial charge < -0.3 is 4.90 Å². The van der Waals surface area contributed by atoms with Gasteiger partial charge in [-0.25, -0.2) is 15.0 Å². The van der Waals surface area contributed by atoms with Gasteiger partial charge in [0, 0.05) is 50.1 Å². The van der Waals surface area contributed by atoms with Crippen LogP contribution in [0, 0.1) is 0 Å². The molecule has 108 valence electrons. The SMILES string of the molecule is CC(=O)N1CCC[C@H](c2cncc(-c3cncnc3)n2)C1. The standard InChI is InChI=1S/C15H17N5O/c1-11(21)20-4-2-3-12(9-20)14-7-16-8-15(19-14)13-5-17-10-18-6-13/h5-8,10,12H,2-4,9H2,1H3/t12-/m0/s1. The van der Waals surface area contributed by atoms with Crippen molar-refractivity contribution in [3.05, 3.63) is 36.8 Å². The Balaban J connectivity index is 1.84. The van der Waals surface area contributed by atoms with E-state index in [1.807, 2.05) is 4.90 Å². The lowest BCUT2D eigenvalue weighted by Crippen LogP contribution is -2.37. The normalized spacial score (nSPS) is 18.5. The summed E-state index contributed by atoms with van der Waals surface area (Å²) in [6.45, 7) is 3.18. The predicted octanol–water partition coefficient (Wildman–Crippen LogP) is 1.66. The van der Waals surface area contributed by atoms with Crippen LogP contribution in [0.15, 0.2) is 31.1 Å². The molecule has 0 unspecified atom stereocenters. The van der Waals surface area contributed by atoms with E-state index >= 15 is 0 Å². The molecule has 3 heterocycles. The minimum absolute atomic E-state index is 0.125. The van der Waals surface area contributed by atoms with E-state index in [-0.39, 0.29) is 11.8 Å². The molecule has 6 heteroatoms. The monoisotopic (exact) mass is 283 g/mol. The molecule has 1 amide bonds. The van der Waals surface area contributed by atoms with Gasteiger partial charge in [0.15, 0.2) is 0 Å². The molecule has 1 aliphatic rings. The first-order chi connectivity index (χ1) is 10.2. The van der Waals surface area contributed by atoms with Gasteiger partial charge in [-0.1, -0.05) is 0 Å². The lowest BCUT2D eigenvalue weighted by atomic mass is 9.95. The molecule has 21 heavy (non-hydrogen) atoms. The Labute approximate surface area is 123 Å². The molecule has 0 spiro atoms. The topological polar surface area (TPSA) is 71.9 Å². The Morgan fingerprint density at radius 1 is 1.19 bits per heavy atom. The average Bonchev–Trinajstić information content (AvgIpc) is 2.56. The van der Waals surface area contributed by atoms with Crippen LogP contribution in [0.3, 0.4) is 0 Å². The first-order valence-electron chi connectivity index (χ1n) is 7.07. The number of carbonyl (C=O) groups is 1. The van der Waals surface area contributed by atoms with Crippen molar-refractivity contribution < 1.29 is 4.79 Å². The van der Waals surface area contributed by atoms with E-state index in [4.69, 9.17) is 0 Å². The van der Waals surface area contributed by atoms with Crippen molar-refractivity contribution in [2.45, 2.75) is 25.7 Å². The van der Waals surface area contributed by atoms with Gasteiger partial charge in [0.25, 0.3) is 0 Å². The number of hydrogen-bond acceptors (Lipinski definition) is 5. The van der Waals surface area contributed by atoms with E-state index in [9.17, 15) is 4.79 Å². The van der Waals surface area contributed by atoms with E-state index in [0.717, 1.165) is 42.9 Å². The molecule has 1 fully saturated rings. The Hall–Kier alpha value is -2.37. The Kier molecular flexibility index (Phi) is 3.85. The van der Waals surface area contributed by atoms with E-state index < -0.39 is 0 Å². The van der Waals surface area contributed by atoms with E-state index in [1.165, 1.54) is 6.33 Å². The van der Waals surface area contributed by atoms with Crippen molar-refractivity contribution in [1.82, 2.24) is 24.8 Å². The van der Waals surface area contributed by atoms with Gasteiger partial charge in [-0.15, -0.1) is 0 Å². The molecule has 0 aromatic carbocycles. The second-order valence-corrected chi connectivity index (χ2v) is 5.26. The minimum atomic E-state index is 0.125. The molecule has 0 N–H and O–H groups in total. The fourth-order valence-electron chi connectivity index (χ4n) is 2.65. The lowest BCUT2D eigenvalue weighted by Gasteiger charge is -2.31. The summed E-state index contributed by atoms with van der Waals surface area (Å²) < 4.78 is 0. The van der Waals surface area contributed by atoms with Crippen molar-refractivity contribution in [3.63, 3.8) is 0 Å². The van der Waals surface area contributed by atoms with Crippen LogP contribution in [0.5, 0.6) is 0 Å². The van der Waals surface area contributed by atoms with E-state index in [1.54, 1.807) is 31.7 Å². The second-order valence-electron chi connectivity index (χ2n) is 5.26. The molecule has 2 aromatic rings. The minimum Gasteiger partial charge on any atom is -0.342 e. The molecule has 0 radical (unpaired) electrons. The summed E-state index contributed by atoms with van der Waals surface area (Å²) in [6.07, 6.45) is 10.5. The number of carbonyl (C=O) groups excluding carboxylic acids is 1. The van der Waals surface area contributed by atoms with Crippen LogP contribution < -0.4 is 0 Å². The summed E-state index contributed by atoms with van der Waals surface area (Å²) in [7, 11) is 0. The quantitative estimate of drug-likeness (QED) is 0.838. The second kappa shape index (κ2) is 5.95. The number of amides is 1. The van der Waals surface area contributed by atoms with Crippen molar-refractivity contribution in [3.8, 4) is 11.3 Å². The van der Waals surface area contributed by atoms with Crippen molar-refractivity contribution in [1.29, 1.82) is 0 Å². The third-order valence-corrected chi connectivity index (χ3v) is 3.79. The van der Waals surface area contributed by atoms with Crippen molar-refractivity contribution >= 4 is 5.91 Å². The Morgan fingerprint density at radius 2 is 2.00 bits per heavy atom. The Bertz CT molecular complexity index is 631. The molecule has 0 aliphatic carbocycles. The van der Waals surface area contributed by atoms with Gasteiger partial charge in [-0.2, -0.15) is 0 Å². The molecule has 1 atom stereocenters. The highest BCUT2D eigenvalue weighted by Crippen LogP contribution is 2.26. The smallest absolute Gasteiger partial charge is 0.219 e. The van der Waals surface area contributed by atoms with Crippen molar-refractivity contribution in [2.24, 2.45) is 0 Å². The number of aromatic nitrogens is 4. The number of likely N-dealkylation sites (tertiary alicyclic amines) is 1. The summed E-state index contributed by atoms with van der Waals surface area (Å²) >= 11 is 0. The highest BCUT2D eigenvalue weighted by Gasteiger charge is 2.24. The summed E-state index contributed by atoms with van der Waals surface area (Å²) in [4.78, 5) is 30.4. The zero-order chi connectivity index (χ0) is 14.7. The predicted molar refractivity (Wildman–Crippen MR) is 77.3 cm³/mol. The lowest BCUT2D eigenvalue weighted by molar-refractivity contribution is -0.130. The van der Waals surface area contributed by atoms with Crippen LogP contribution in [0.4, 0.5) is 0 Å². The van der Waals surface area contributed by atoms with Crippen molar-refractivity contribution in [2.75, 3.05) is 13.1 Å². The van der Waals surface area contributed by atoms with Crippen LogP contribution in [0.1, 0.15) is 31.4 Å². The Morgan fingerprint density at radius 3 is 2.76 bits per heavy atom. The van der Waals surface area contributed by atoms with Crippen LogP contribution in [0.25, 0.3) is 11.3 Å². The van der Waals surface area contributed by atoms with Gasteiger partial charge in [-0.3, -0.25) is 9.78 Å². The summed E-state index contributed by atoms with van der Waals surface area (Å²) in [6, 6.07) is 0. The maximum atomic E-state index is 11.5. The fraction of sp³-hybridized carbons (Fsp3) is 0.400. The molecule has 3 rings (SSSR count). The number of hydrogen-bond donors (Lipinski definition) is 0. The van der Waals surface area contributed by atoms with Crippen LogP contribution in [-0.4, -0.2) is 43.8 Å². The molecular weight excluding hydrogens is 266 g/mol. The summed E-state index contributed by atoms with van der Waals surface area (Å²) in [5.41, 5.74) is 2.56. The number of rotatable bonds is 2. The molecule has 2 aromatic heterocycles. The fourth-order valence-corrected chi connectivity index (χ4v) is 2.65.